The molecule has 0 radical (unpaired) electrons. The quantitative estimate of drug-likeness (QED) is 0.531. The fraction of sp³-hybridized carbons (Fsp3) is 0.130. The van der Waals surface area contributed by atoms with Gasteiger partial charge in [0.25, 0.3) is 0 Å². The van der Waals surface area contributed by atoms with Crippen molar-refractivity contribution in [3.63, 3.8) is 0 Å². The SMILES string of the molecule is COCc1ccc2c3c(C(N)=O)cccc3n(Cc3ccccc3C(N)=O)c2c1. The average molecular weight is 387 g/mol. The zero-order valence-electron chi connectivity index (χ0n) is 16.0. The van der Waals surface area contributed by atoms with Crippen LogP contribution in [-0.2, 0) is 17.9 Å². The van der Waals surface area contributed by atoms with Gasteiger partial charge in [-0.1, -0.05) is 36.4 Å². The van der Waals surface area contributed by atoms with Crippen LogP contribution >= 0.6 is 0 Å². The molecule has 4 N–H and O–H groups in total. The Balaban J connectivity index is 2.03. The highest BCUT2D eigenvalue weighted by Gasteiger charge is 2.18. The zero-order valence-corrected chi connectivity index (χ0v) is 16.0. The molecule has 0 saturated carbocycles. The maximum Gasteiger partial charge on any atom is 0.249 e. The third-order valence-corrected chi connectivity index (χ3v) is 5.14. The summed E-state index contributed by atoms with van der Waals surface area (Å²) in [5.41, 5.74) is 15.8. The summed E-state index contributed by atoms with van der Waals surface area (Å²) >= 11 is 0. The van der Waals surface area contributed by atoms with Gasteiger partial charge in [-0.2, -0.15) is 0 Å². The lowest BCUT2D eigenvalue weighted by molar-refractivity contribution is 0.0992. The lowest BCUT2D eigenvalue weighted by Crippen LogP contribution is -2.15. The number of rotatable bonds is 6. The van der Waals surface area contributed by atoms with Gasteiger partial charge >= 0.3 is 0 Å². The minimum Gasteiger partial charge on any atom is -0.380 e. The molecule has 0 aliphatic heterocycles. The Morgan fingerprint density at radius 2 is 1.62 bits per heavy atom. The number of amides is 2. The number of hydrogen-bond donors (Lipinski definition) is 2. The molecule has 146 valence electrons. The summed E-state index contributed by atoms with van der Waals surface area (Å²) in [6.07, 6.45) is 0. The molecule has 0 bridgehead atoms. The van der Waals surface area contributed by atoms with E-state index in [4.69, 9.17) is 16.2 Å². The van der Waals surface area contributed by atoms with E-state index in [9.17, 15) is 9.59 Å². The molecule has 0 atom stereocenters. The van der Waals surface area contributed by atoms with Crippen LogP contribution in [-0.4, -0.2) is 23.5 Å². The molecule has 2 amide bonds. The second-order valence-corrected chi connectivity index (χ2v) is 6.96. The van der Waals surface area contributed by atoms with Crippen LogP contribution in [0.3, 0.4) is 0 Å². The number of carbonyl (C=O) groups is 2. The number of aromatic nitrogens is 1. The molecule has 0 fully saturated rings. The van der Waals surface area contributed by atoms with Gasteiger partial charge in [-0.15, -0.1) is 0 Å². The van der Waals surface area contributed by atoms with Crippen molar-refractivity contribution in [2.45, 2.75) is 13.2 Å². The van der Waals surface area contributed by atoms with Crippen molar-refractivity contribution in [2.24, 2.45) is 11.5 Å². The standard InChI is InChI=1S/C23H21N3O3/c1-29-13-14-9-10-17-20(11-14)26(12-15-5-2-3-6-16(15)22(24)27)19-8-4-7-18(21(17)19)23(25)28/h2-11H,12-13H2,1H3,(H2,24,27)(H2,25,28). The number of carbonyl (C=O) groups excluding carboxylic acids is 2. The molecule has 6 nitrogen and oxygen atoms in total. The van der Waals surface area contributed by atoms with Gasteiger partial charge in [0.15, 0.2) is 0 Å². The molecule has 6 heteroatoms. The van der Waals surface area contributed by atoms with E-state index >= 15 is 0 Å². The third kappa shape index (κ3) is 3.23. The van der Waals surface area contributed by atoms with Crippen LogP contribution in [0.4, 0.5) is 0 Å². The maximum atomic E-state index is 12.1. The summed E-state index contributed by atoms with van der Waals surface area (Å²) < 4.78 is 7.36. The van der Waals surface area contributed by atoms with Gasteiger partial charge in [0.05, 0.1) is 12.1 Å². The van der Waals surface area contributed by atoms with Crippen molar-refractivity contribution in [1.82, 2.24) is 4.57 Å². The molecule has 29 heavy (non-hydrogen) atoms. The fourth-order valence-corrected chi connectivity index (χ4v) is 3.89. The van der Waals surface area contributed by atoms with Crippen LogP contribution < -0.4 is 11.5 Å². The van der Waals surface area contributed by atoms with Crippen LogP contribution in [0.5, 0.6) is 0 Å². The number of benzene rings is 3. The number of nitrogens with two attached hydrogens (primary N) is 2. The maximum absolute atomic E-state index is 12.1. The second kappa shape index (κ2) is 7.41. The van der Waals surface area contributed by atoms with E-state index in [0.29, 0.717) is 24.3 Å². The highest BCUT2D eigenvalue weighted by atomic mass is 16.5. The molecule has 1 aromatic heterocycles. The number of methoxy groups -OCH3 is 1. The first kappa shape index (κ1) is 18.7. The predicted molar refractivity (Wildman–Crippen MR) is 113 cm³/mol. The van der Waals surface area contributed by atoms with Crippen molar-refractivity contribution in [1.29, 1.82) is 0 Å². The van der Waals surface area contributed by atoms with E-state index in [0.717, 1.165) is 32.9 Å². The molecular weight excluding hydrogens is 366 g/mol. The summed E-state index contributed by atoms with van der Waals surface area (Å²) in [6.45, 7) is 0.899. The summed E-state index contributed by atoms with van der Waals surface area (Å²) in [5.74, 6) is -0.951. The normalized spacial score (nSPS) is 11.2. The molecule has 0 aliphatic rings. The van der Waals surface area contributed by atoms with Gasteiger partial charge in [-0.3, -0.25) is 9.59 Å². The number of fused-ring (bicyclic) bond motifs is 3. The summed E-state index contributed by atoms with van der Waals surface area (Å²) in [5, 5.41) is 1.72. The largest absolute Gasteiger partial charge is 0.380 e. The minimum atomic E-state index is -0.479. The highest BCUT2D eigenvalue weighted by molar-refractivity contribution is 6.18. The first-order chi connectivity index (χ1) is 14.0. The monoisotopic (exact) mass is 387 g/mol. The van der Waals surface area contributed by atoms with Crippen LogP contribution in [0.15, 0.2) is 60.7 Å². The third-order valence-electron chi connectivity index (χ3n) is 5.14. The van der Waals surface area contributed by atoms with Crippen molar-refractivity contribution in [3.05, 3.63) is 82.9 Å². The number of ether oxygens (including phenoxy) is 1. The molecule has 0 aliphatic carbocycles. The lowest BCUT2D eigenvalue weighted by Gasteiger charge is -2.11. The Hall–Kier alpha value is -3.64. The van der Waals surface area contributed by atoms with Crippen LogP contribution in [0.1, 0.15) is 31.8 Å². The Bertz CT molecular complexity index is 1260. The van der Waals surface area contributed by atoms with E-state index in [1.165, 1.54) is 0 Å². The molecule has 0 spiro atoms. The van der Waals surface area contributed by atoms with Crippen molar-refractivity contribution >= 4 is 33.6 Å². The van der Waals surface area contributed by atoms with Gasteiger partial charge in [-0.25, -0.2) is 0 Å². The van der Waals surface area contributed by atoms with Crippen molar-refractivity contribution < 1.29 is 14.3 Å². The van der Waals surface area contributed by atoms with E-state index in [2.05, 4.69) is 4.57 Å². The van der Waals surface area contributed by atoms with Crippen LogP contribution in [0.2, 0.25) is 0 Å². The van der Waals surface area contributed by atoms with Crippen LogP contribution in [0, 0.1) is 0 Å². The summed E-state index contributed by atoms with van der Waals surface area (Å²) in [6, 6.07) is 18.8. The van der Waals surface area contributed by atoms with E-state index in [-0.39, 0.29) is 0 Å². The van der Waals surface area contributed by atoms with Gasteiger partial charge in [-0.05, 0) is 35.4 Å². The van der Waals surface area contributed by atoms with Gasteiger partial charge in [0, 0.05) is 41.1 Å². The van der Waals surface area contributed by atoms with E-state index < -0.39 is 11.8 Å². The molecule has 1 heterocycles. The van der Waals surface area contributed by atoms with E-state index in [1.54, 1.807) is 25.3 Å². The predicted octanol–water partition coefficient (Wildman–Crippen LogP) is 3.19. The number of hydrogen-bond acceptors (Lipinski definition) is 3. The smallest absolute Gasteiger partial charge is 0.249 e. The lowest BCUT2D eigenvalue weighted by atomic mass is 10.0. The minimum absolute atomic E-state index is 0.428. The Morgan fingerprint density at radius 3 is 2.34 bits per heavy atom. The first-order valence-corrected chi connectivity index (χ1v) is 9.21. The highest BCUT2D eigenvalue weighted by Crippen LogP contribution is 2.33. The molecule has 4 aromatic rings. The number of nitrogens with zero attached hydrogens (tertiary/aromatic N) is 1. The Kier molecular flexibility index (Phi) is 4.78. The van der Waals surface area contributed by atoms with Gasteiger partial charge in [0.2, 0.25) is 11.8 Å². The van der Waals surface area contributed by atoms with Crippen LogP contribution in [0.25, 0.3) is 21.8 Å². The molecule has 4 rings (SSSR count). The molecule has 3 aromatic carbocycles. The number of primary amides is 2. The molecular formula is C23H21N3O3. The molecule has 0 saturated heterocycles. The Labute approximate surface area is 167 Å². The Morgan fingerprint density at radius 1 is 0.897 bits per heavy atom. The van der Waals surface area contributed by atoms with Crippen molar-refractivity contribution in [3.8, 4) is 0 Å². The van der Waals surface area contributed by atoms with Gasteiger partial charge < -0.3 is 20.8 Å². The average Bonchev–Trinajstić information content (AvgIpc) is 3.01. The van der Waals surface area contributed by atoms with Crippen molar-refractivity contribution in [2.75, 3.05) is 7.11 Å². The molecule has 0 unspecified atom stereocenters. The van der Waals surface area contributed by atoms with E-state index in [1.807, 2.05) is 42.5 Å². The summed E-state index contributed by atoms with van der Waals surface area (Å²) in [4.78, 5) is 24.0. The zero-order chi connectivity index (χ0) is 20.5. The topological polar surface area (TPSA) is 100 Å². The first-order valence-electron chi connectivity index (χ1n) is 9.21. The second-order valence-electron chi connectivity index (χ2n) is 6.96. The van der Waals surface area contributed by atoms with Gasteiger partial charge in [0.1, 0.15) is 0 Å². The summed E-state index contributed by atoms with van der Waals surface area (Å²) in [7, 11) is 1.65. The fourth-order valence-electron chi connectivity index (χ4n) is 3.89.